The fourth-order valence-corrected chi connectivity index (χ4v) is 1.87. The number of anilines is 1. The van der Waals surface area contributed by atoms with Crippen LogP contribution in [-0.2, 0) is 13.0 Å². The Bertz CT molecular complexity index is 669. The van der Waals surface area contributed by atoms with Gasteiger partial charge in [-0.1, -0.05) is 12.1 Å². The molecule has 0 aliphatic rings. The third-order valence-electron chi connectivity index (χ3n) is 2.81. The summed E-state index contributed by atoms with van der Waals surface area (Å²) in [5.74, 6) is -0.348. The quantitative estimate of drug-likeness (QED) is 0.828. The van der Waals surface area contributed by atoms with E-state index in [0.717, 1.165) is 11.8 Å². The topological polar surface area (TPSA) is 59.0 Å². The maximum atomic E-state index is 13.0. The van der Waals surface area contributed by atoms with Crippen LogP contribution in [-0.4, -0.2) is 28.5 Å². The van der Waals surface area contributed by atoms with Crippen molar-refractivity contribution in [1.29, 1.82) is 0 Å². The van der Waals surface area contributed by atoms with Gasteiger partial charge >= 0.3 is 12.2 Å². The number of carbonyl (C=O) groups is 1. The molecule has 0 spiro atoms. The fourth-order valence-electron chi connectivity index (χ4n) is 1.87. The first-order valence-corrected chi connectivity index (χ1v) is 6.71. The van der Waals surface area contributed by atoms with Gasteiger partial charge in [-0.05, 0) is 24.1 Å². The molecule has 5 nitrogen and oxygen atoms in total. The van der Waals surface area contributed by atoms with Gasteiger partial charge in [-0.2, -0.15) is 18.3 Å². The van der Waals surface area contributed by atoms with Crippen molar-refractivity contribution in [1.82, 2.24) is 15.1 Å². The van der Waals surface area contributed by atoms with Gasteiger partial charge in [0.1, 0.15) is 12.4 Å². The number of rotatable bonds is 5. The largest absolute Gasteiger partial charge is 0.408 e. The number of amides is 2. The molecule has 2 N–H and O–H groups in total. The van der Waals surface area contributed by atoms with E-state index in [9.17, 15) is 22.4 Å². The van der Waals surface area contributed by atoms with E-state index in [2.05, 4.69) is 15.7 Å². The van der Waals surface area contributed by atoms with E-state index < -0.39 is 18.8 Å². The Morgan fingerprint density at radius 2 is 2.04 bits per heavy atom. The van der Waals surface area contributed by atoms with Crippen LogP contribution in [0.1, 0.15) is 5.56 Å². The van der Waals surface area contributed by atoms with Crippen LogP contribution in [0.5, 0.6) is 0 Å². The number of carbonyl (C=O) groups excluding carboxylic acids is 1. The van der Waals surface area contributed by atoms with Crippen LogP contribution in [0.25, 0.3) is 0 Å². The standard InChI is InChI=1S/C14H14F4N4O/c15-11-3-1-2-10(8-11)4-6-19-13(23)20-12-5-7-22(21-12)9-14(16,17)18/h1-3,5,7-8H,4,6,9H2,(H2,19,20,21,23). The summed E-state index contributed by atoms with van der Waals surface area (Å²) in [7, 11) is 0. The minimum atomic E-state index is -4.38. The van der Waals surface area contributed by atoms with E-state index in [4.69, 9.17) is 0 Å². The highest BCUT2D eigenvalue weighted by Crippen LogP contribution is 2.17. The van der Waals surface area contributed by atoms with E-state index in [1.54, 1.807) is 12.1 Å². The smallest absolute Gasteiger partial charge is 0.337 e. The molecule has 124 valence electrons. The number of aromatic nitrogens is 2. The molecule has 23 heavy (non-hydrogen) atoms. The van der Waals surface area contributed by atoms with E-state index >= 15 is 0 Å². The number of urea groups is 1. The highest BCUT2D eigenvalue weighted by molar-refractivity contribution is 5.88. The fraction of sp³-hybridized carbons (Fsp3) is 0.286. The van der Waals surface area contributed by atoms with Gasteiger partial charge in [-0.25, -0.2) is 9.18 Å². The van der Waals surface area contributed by atoms with Crippen LogP contribution < -0.4 is 10.6 Å². The van der Waals surface area contributed by atoms with E-state index in [1.807, 2.05) is 0 Å². The summed E-state index contributed by atoms with van der Waals surface area (Å²) in [6.45, 7) is -0.978. The lowest BCUT2D eigenvalue weighted by Gasteiger charge is -2.07. The van der Waals surface area contributed by atoms with Gasteiger partial charge in [0.2, 0.25) is 0 Å². The third-order valence-corrected chi connectivity index (χ3v) is 2.81. The summed E-state index contributed by atoms with van der Waals surface area (Å²) in [5.41, 5.74) is 0.722. The molecule has 0 saturated heterocycles. The first kappa shape index (κ1) is 16.8. The molecule has 0 unspecified atom stereocenters. The Hall–Kier alpha value is -2.58. The third kappa shape index (κ3) is 5.97. The number of nitrogens with one attached hydrogen (secondary N) is 2. The number of alkyl halides is 3. The minimum absolute atomic E-state index is 0.0116. The maximum Gasteiger partial charge on any atom is 0.408 e. The van der Waals surface area contributed by atoms with Gasteiger partial charge in [0.05, 0.1) is 0 Å². The normalized spacial score (nSPS) is 11.3. The molecule has 2 aromatic rings. The second-order valence-electron chi connectivity index (χ2n) is 4.77. The highest BCUT2D eigenvalue weighted by Gasteiger charge is 2.28. The van der Waals surface area contributed by atoms with Crippen LogP contribution in [0.2, 0.25) is 0 Å². The SMILES string of the molecule is O=C(NCCc1cccc(F)c1)Nc1ccn(CC(F)(F)F)n1. The van der Waals surface area contributed by atoms with Crippen molar-refractivity contribution < 1.29 is 22.4 Å². The molecule has 0 bridgehead atoms. The lowest BCUT2D eigenvalue weighted by molar-refractivity contribution is -0.142. The van der Waals surface area contributed by atoms with Crippen molar-refractivity contribution in [2.45, 2.75) is 19.1 Å². The van der Waals surface area contributed by atoms with Crippen molar-refractivity contribution in [3.63, 3.8) is 0 Å². The zero-order chi connectivity index (χ0) is 16.9. The van der Waals surface area contributed by atoms with Crippen LogP contribution in [0.4, 0.5) is 28.2 Å². The Morgan fingerprint density at radius 1 is 1.26 bits per heavy atom. The Balaban J connectivity index is 1.76. The lowest BCUT2D eigenvalue weighted by atomic mass is 10.1. The van der Waals surface area contributed by atoms with Gasteiger partial charge in [-0.3, -0.25) is 10.00 Å². The van der Waals surface area contributed by atoms with Crippen molar-refractivity contribution in [2.24, 2.45) is 0 Å². The number of halogens is 4. The molecule has 1 aromatic carbocycles. The first-order valence-electron chi connectivity index (χ1n) is 6.71. The Morgan fingerprint density at radius 3 is 2.74 bits per heavy atom. The molecule has 0 saturated carbocycles. The van der Waals surface area contributed by atoms with Gasteiger partial charge in [0, 0.05) is 18.8 Å². The number of nitrogens with zero attached hydrogens (tertiary/aromatic N) is 2. The van der Waals surface area contributed by atoms with Crippen molar-refractivity contribution >= 4 is 11.8 Å². The van der Waals surface area contributed by atoms with Crippen molar-refractivity contribution in [3.8, 4) is 0 Å². The molecule has 0 fully saturated rings. The number of hydrogen-bond donors (Lipinski definition) is 2. The predicted octanol–water partition coefficient (Wildman–Crippen LogP) is 2.95. The molecule has 2 amide bonds. The molecule has 1 heterocycles. The zero-order valence-corrected chi connectivity index (χ0v) is 11.9. The molecule has 9 heteroatoms. The second kappa shape index (κ2) is 7.12. The van der Waals surface area contributed by atoms with Crippen LogP contribution >= 0.6 is 0 Å². The van der Waals surface area contributed by atoms with Gasteiger partial charge in [0.25, 0.3) is 0 Å². The van der Waals surface area contributed by atoms with Crippen molar-refractivity contribution in [3.05, 3.63) is 47.9 Å². The summed E-state index contributed by atoms with van der Waals surface area (Å²) < 4.78 is 50.2. The lowest BCUT2D eigenvalue weighted by Crippen LogP contribution is -2.30. The average molecular weight is 330 g/mol. The van der Waals surface area contributed by atoms with E-state index in [1.165, 1.54) is 18.2 Å². The highest BCUT2D eigenvalue weighted by atomic mass is 19.4. The monoisotopic (exact) mass is 330 g/mol. The summed E-state index contributed by atoms with van der Waals surface area (Å²) in [4.78, 5) is 11.6. The van der Waals surface area contributed by atoms with Gasteiger partial charge in [-0.15, -0.1) is 0 Å². The van der Waals surface area contributed by atoms with E-state index in [0.29, 0.717) is 11.1 Å². The Kier molecular flexibility index (Phi) is 5.20. The molecule has 0 radical (unpaired) electrons. The number of hydrogen-bond acceptors (Lipinski definition) is 2. The second-order valence-corrected chi connectivity index (χ2v) is 4.77. The number of benzene rings is 1. The molecule has 1 aromatic heterocycles. The zero-order valence-electron chi connectivity index (χ0n) is 11.9. The van der Waals surface area contributed by atoms with Crippen molar-refractivity contribution in [2.75, 3.05) is 11.9 Å². The van der Waals surface area contributed by atoms with Crippen LogP contribution in [0.15, 0.2) is 36.5 Å². The minimum Gasteiger partial charge on any atom is -0.337 e. The summed E-state index contributed by atoms with van der Waals surface area (Å²) >= 11 is 0. The molecule has 2 rings (SSSR count). The van der Waals surface area contributed by atoms with Gasteiger partial charge in [0.15, 0.2) is 5.82 Å². The maximum absolute atomic E-state index is 13.0. The average Bonchev–Trinajstić information content (AvgIpc) is 2.83. The van der Waals surface area contributed by atoms with Crippen LogP contribution in [0.3, 0.4) is 0 Å². The van der Waals surface area contributed by atoms with E-state index in [-0.39, 0.29) is 18.2 Å². The first-order chi connectivity index (χ1) is 10.8. The molecule has 0 atom stereocenters. The Labute approximate surface area is 129 Å². The van der Waals surface area contributed by atoms with Crippen LogP contribution in [0, 0.1) is 5.82 Å². The molecule has 0 aliphatic carbocycles. The molecular formula is C14H14F4N4O. The summed E-state index contributed by atoms with van der Waals surface area (Å²) in [6, 6.07) is 6.63. The molecular weight excluding hydrogens is 316 g/mol. The predicted molar refractivity (Wildman–Crippen MR) is 75.4 cm³/mol. The molecule has 0 aliphatic heterocycles. The summed E-state index contributed by atoms with van der Waals surface area (Å²) in [5, 5.41) is 8.42. The summed E-state index contributed by atoms with van der Waals surface area (Å²) in [6.07, 6.45) is -2.83. The van der Waals surface area contributed by atoms with Gasteiger partial charge < -0.3 is 5.32 Å².